The number of nitrogens with one attached hydrogen (secondary N) is 1. The van der Waals surface area contributed by atoms with Gasteiger partial charge in [0.15, 0.2) is 0 Å². The maximum Gasteiger partial charge on any atom is 0.253 e. The van der Waals surface area contributed by atoms with Gasteiger partial charge in [0, 0.05) is 30.4 Å². The molecule has 0 aliphatic rings. The molecule has 1 amide bonds. The van der Waals surface area contributed by atoms with Gasteiger partial charge >= 0.3 is 0 Å². The fourth-order valence-corrected chi connectivity index (χ4v) is 2.87. The number of fused-ring (bicyclic) bond motifs is 1. The second kappa shape index (κ2) is 6.80. The van der Waals surface area contributed by atoms with Crippen LogP contribution in [0.3, 0.4) is 0 Å². The molecule has 26 heavy (non-hydrogen) atoms. The molecule has 0 radical (unpaired) electrons. The van der Waals surface area contributed by atoms with E-state index in [9.17, 15) is 4.79 Å². The lowest BCUT2D eigenvalue weighted by Crippen LogP contribution is -2.26. The lowest BCUT2D eigenvalue weighted by atomic mass is 10.1. The minimum absolute atomic E-state index is 0.116. The number of amides is 1. The third-order valence-electron chi connectivity index (χ3n) is 4.31. The van der Waals surface area contributed by atoms with Crippen LogP contribution in [0.15, 0.2) is 79.4 Å². The maximum absolute atomic E-state index is 12.6. The summed E-state index contributed by atoms with van der Waals surface area (Å²) in [6.07, 6.45) is 7.22. The number of hydrogen-bond donors (Lipinski definition) is 1. The van der Waals surface area contributed by atoms with Crippen LogP contribution in [0.5, 0.6) is 0 Å². The van der Waals surface area contributed by atoms with Crippen LogP contribution in [0.2, 0.25) is 0 Å². The SMILES string of the molecule is C[C@@H](NC(=O)c1ccc2nc(-c3ccccc3)cn2c1)c1cccnc1. The average molecular weight is 342 g/mol. The van der Waals surface area contributed by atoms with E-state index in [1.807, 2.05) is 66.1 Å². The van der Waals surface area contributed by atoms with Gasteiger partial charge in [-0.15, -0.1) is 0 Å². The molecule has 1 atom stereocenters. The molecular weight excluding hydrogens is 324 g/mol. The lowest BCUT2D eigenvalue weighted by molar-refractivity contribution is 0.0939. The van der Waals surface area contributed by atoms with E-state index in [-0.39, 0.29) is 11.9 Å². The zero-order valence-corrected chi connectivity index (χ0v) is 14.3. The Morgan fingerprint density at radius 2 is 1.88 bits per heavy atom. The largest absolute Gasteiger partial charge is 0.345 e. The average Bonchev–Trinajstić information content (AvgIpc) is 3.12. The van der Waals surface area contributed by atoms with Crippen molar-refractivity contribution in [2.75, 3.05) is 0 Å². The van der Waals surface area contributed by atoms with Crippen molar-refractivity contribution < 1.29 is 4.79 Å². The van der Waals surface area contributed by atoms with E-state index in [1.165, 1.54) is 0 Å². The van der Waals surface area contributed by atoms with Crippen LogP contribution in [0.1, 0.15) is 28.9 Å². The van der Waals surface area contributed by atoms with Gasteiger partial charge in [-0.05, 0) is 30.7 Å². The van der Waals surface area contributed by atoms with Crippen molar-refractivity contribution in [2.45, 2.75) is 13.0 Å². The van der Waals surface area contributed by atoms with Gasteiger partial charge < -0.3 is 9.72 Å². The van der Waals surface area contributed by atoms with Crippen LogP contribution in [-0.2, 0) is 0 Å². The first-order valence-electron chi connectivity index (χ1n) is 8.46. The van der Waals surface area contributed by atoms with E-state index < -0.39 is 0 Å². The highest BCUT2D eigenvalue weighted by Gasteiger charge is 2.13. The summed E-state index contributed by atoms with van der Waals surface area (Å²) < 4.78 is 1.88. The number of imidazole rings is 1. The lowest BCUT2D eigenvalue weighted by Gasteiger charge is -2.13. The Morgan fingerprint density at radius 1 is 1.04 bits per heavy atom. The number of pyridine rings is 2. The van der Waals surface area contributed by atoms with E-state index in [2.05, 4.69) is 15.3 Å². The quantitative estimate of drug-likeness (QED) is 0.612. The minimum Gasteiger partial charge on any atom is -0.345 e. The highest BCUT2D eigenvalue weighted by atomic mass is 16.1. The Kier molecular flexibility index (Phi) is 4.19. The molecule has 0 aliphatic heterocycles. The summed E-state index contributed by atoms with van der Waals surface area (Å²) in [5.74, 6) is -0.127. The topological polar surface area (TPSA) is 59.3 Å². The van der Waals surface area contributed by atoms with Crippen molar-refractivity contribution in [3.63, 3.8) is 0 Å². The molecule has 0 unspecified atom stereocenters. The summed E-state index contributed by atoms with van der Waals surface area (Å²) in [5.41, 5.74) is 4.29. The van der Waals surface area contributed by atoms with Crippen LogP contribution in [0, 0.1) is 0 Å². The normalized spacial score (nSPS) is 12.0. The molecule has 0 aliphatic carbocycles. The Bertz CT molecular complexity index is 1040. The van der Waals surface area contributed by atoms with Gasteiger partial charge in [0.2, 0.25) is 0 Å². The number of hydrogen-bond acceptors (Lipinski definition) is 3. The van der Waals surface area contributed by atoms with Gasteiger partial charge in [-0.1, -0.05) is 36.4 Å². The van der Waals surface area contributed by atoms with E-state index >= 15 is 0 Å². The Balaban J connectivity index is 1.58. The smallest absolute Gasteiger partial charge is 0.253 e. The number of nitrogens with zero attached hydrogens (tertiary/aromatic N) is 3. The van der Waals surface area contributed by atoms with Crippen LogP contribution < -0.4 is 5.32 Å². The predicted octanol–water partition coefficient (Wildman–Crippen LogP) is 3.89. The van der Waals surface area contributed by atoms with Crippen LogP contribution in [0.4, 0.5) is 0 Å². The summed E-state index contributed by atoms with van der Waals surface area (Å²) in [4.78, 5) is 21.3. The molecular formula is C21H18N4O. The maximum atomic E-state index is 12.6. The summed E-state index contributed by atoms with van der Waals surface area (Å²) in [6, 6.07) is 17.3. The van der Waals surface area contributed by atoms with Crippen LogP contribution in [0.25, 0.3) is 16.9 Å². The fourth-order valence-electron chi connectivity index (χ4n) is 2.87. The molecule has 1 N–H and O–H groups in total. The van der Waals surface area contributed by atoms with Gasteiger partial charge in [0.25, 0.3) is 5.91 Å². The van der Waals surface area contributed by atoms with E-state index in [1.54, 1.807) is 24.7 Å². The predicted molar refractivity (Wildman–Crippen MR) is 101 cm³/mol. The monoisotopic (exact) mass is 342 g/mol. The standard InChI is InChI=1S/C21H18N4O/c1-15(17-8-5-11-22-12-17)23-21(26)18-9-10-20-24-19(14-25(20)13-18)16-6-3-2-4-7-16/h2-15H,1H3,(H,23,26)/t15-/m1/s1. The van der Waals surface area contributed by atoms with Crippen molar-refractivity contribution in [1.29, 1.82) is 0 Å². The van der Waals surface area contributed by atoms with Crippen molar-refractivity contribution in [2.24, 2.45) is 0 Å². The van der Waals surface area contributed by atoms with E-state index in [4.69, 9.17) is 0 Å². The fraction of sp³-hybridized carbons (Fsp3) is 0.0952. The molecule has 0 fully saturated rings. The Morgan fingerprint density at radius 3 is 2.65 bits per heavy atom. The van der Waals surface area contributed by atoms with Crippen molar-refractivity contribution in [3.8, 4) is 11.3 Å². The summed E-state index contributed by atoms with van der Waals surface area (Å²) in [6.45, 7) is 1.94. The molecule has 0 saturated heterocycles. The molecule has 5 nitrogen and oxygen atoms in total. The number of benzene rings is 1. The third kappa shape index (κ3) is 3.19. The molecule has 0 bridgehead atoms. The highest BCUT2D eigenvalue weighted by Crippen LogP contribution is 2.19. The number of carbonyl (C=O) groups excluding carboxylic acids is 1. The number of rotatable bonds is 4. The second-order valence-electron chi connectivity index (χ2n) is 6.16. The molecule has 3 aromatic heterocycles. The van der Waals surface area contributed by atoms with Gasteiger partial charge in [-0.2, -0.15) is 0 Å². The minimum atomic E-state index is -0.127. The van der Waals surface area contributed by atoms with Gasteiger partial charge in [-0.3, -0.25) is 9.78 Å². The van der Waals surface area contributed by atoms with Gasteiger partial charge in [0.05, 0.1) is 17.3 Å². The number of aromatic nitrogens is 3. The molecule has 4 aromatic rings. The molecule has 128 valence electrons. The van der Waals surface area contributed by atoms with Crippen LogP contribution in [-0.4, -0.2) is 20.3 Å². The van der Waals surface area contributed by atoms with Gasteiger partial charge in [-0.25, -0.2) is 4.98 Å². The first-order chi connectivity index (χ1) is 12.7. The summed E-state index contributed by atoms with van der Waals surface area (Å²) in [7, 11) is 0. The van der Waals surface area contributed by atoms with E-state index in [0.717, 1.165) is 22.5 Å². The molecule has 1 aromatic carbocycles. The summed E-state index contributed by atoms with van der Waals surface area (Å²) >= 11 is 0. The molecule has 0 saturated carbocycles. The van der Waals surface area contributed by atoms with Crippen molar-refractivity contribution in [3.05, 3.63) is 90.5 Å². The number of carbonyl (C=O) groups is 1. The van der Waals surface area contributed by atoms with Gasteiger partial charge in [0.1, 0.15) is 5.65 Å². The van der Waals surface area contributed by atoms with Crippen LogP contribution >= 0.6 is 0 Å². The second-order valence-corrected chi connectivity index (χ2v) is 6.16. The third-order valence-corrected chi connectivity index (χ3v) is 4.31. The highest BCUT2D eigenvalue weighted by molar-refractivity contribution is 5.94. The zero-order valence-electron chi connectivity index (χ0n) is 14.3. The first-order valence-corrected chi connectivity index (χ1v) is 8.46. The first kappa shape index (κ1) is 16.0. The molecule has 3 heterocycles. The Labute approximate surface area is 151 Å². The molecule has 0 spiro atoms. The van der Waals surface area contributed by atoms with Crippen molar-refractivity contribution in [1.82, 2.24) is 19.7 Å². The molecule has 4 rings (SSSR count). The van der Waals surface area contributed by atoms with Crippen molar-refractivity contribution >= 4 is 11.6 Å². The Hall–Kier alpha value is -3.47. The zero-order chi connectivity index (χ0) is 17.9. The van der Waals surface area contributed by atoms with E-state index in [0.29, 0.717) is 5.56 Å². The summed E-state index contributed by atoms with van der Waals surface area (Å²) in [5, 5.41) is 3.00. The molecule has 5 heteroatoms.